The van der Waals surface area contributed by atoms with Gasteiger partial charge < -0.3 is 5.11 Å². The second kappa shape index (κ2) is 3.10. The van der Waals surface area contributed by atoms with Gasteiger partial charge in [0.15, 0.2) is 0 Å². The van der Waals surface area contributed by atoms with E-state index in [9.17, 15) is 4.79 Å². The third-order valence-corrected chi connectivity index (χ3v) is 2.44. The van der Waals surface area contributed by atoms with Crippen LogP contribution < -0.4 is 0 Å². The smallest absolute Gasteiger partial charge is 0.342 e. The minimum Gasteiger partial charge on any atom is -0.477 e. The summed E-state index contributed by atoms with van der Waals surface area (Å²) in [5, 5.41) is 8.50. The van der Waals surface area contributed by atoms with Crippen LogP contribution in [0.2, 0.25) is 0 Å². The molecule has 0 spiro atoms. The molecule has 1 aliphatic rings. The van der Waals surface area contributed by atoms with Crippen molar-refractivity contribution < 1.29 is 9.90 Å². The van der Waals surface area contributed by atoms with Crippen molar-refractivity contribution in [3.63, 3.8) is 0 Å². The van der Waals surface area contributed by atoms with E-state index in [-0.39, 0.29) is 10.8 Å². The first-order chi connectivity index (χ1) is 4.72. The van der Waals surface area contributed by atoms with Gasteiger partial charge in [0.25, 0.3) is 0 Å². The lowest BCUT2D eigenvalue weighted by Gasteiger charge is -2.04. The molecule has 3 heteroatoms. The van der Waals surface area contributed by atoms with Gasteiger partial charge in [-0.25, -0.2) is 4.79 Å². The lowest BCUT2D eigenvalue weighted by atomic mass is 10.0. The van der Waals surface area contributed by atoms with Crippen molar-refractivity contribution in [3.05, 3.63) is 0 Å². The highest BCUT2D eigenvalue weighted by atomic mass is 32.1. The highest BCUT2D eigenvalue weighted by Gasteiger charge is 2.23. The molecule has 0 atom stereocenters. The van der Waals surface area contributed by atoms with Crippen LogP contribution in [-0.4, -0.2) is 15.9 Å². The zero-order chi connectivity index (χ0) is 7.56. The molecule has 0 radical (unpaired) electrons. The summed E-state index contributed by atoms with van der Waals surface area (Å²) in [6.07, 6.45) is 4.23. The summed E-state index contributed by atoms with van der Waals surface area (Å²) < 4.78 is 0. The van der Waals surface area contributed by atoms with Crippen LogP contribution in [0.1, 0.15) is 25.7 Å². The van der Waals surface area contributed by atoms with Crippen molar-refractivity contribution in [2.45, 2.75) is 25.7 Å². The number of carboxylic acids is 1. The Labute approximate surface area is 65.2 Å². The van der Waals surface area contributed by atoms with Crippen LogP contribution in [0.5, 0.6) is 0 Å². The first-order valence-electron chi connectivity index (χ1n) is 3.49. The third kappa shape index (κ3) is 1.53. The van der Waals surface area contributed by atoms with E-state index < -0.39 is 5.97 Å². The molecule has 0 aromatic heterocycles. The predicted octanol–water partition coefficient (Wildman–Crippen LogP) is 1.63. The van der Waals surface area contributed by atoms with Crippen molar-refractivity contribution in [3.8, 4) is 0 Å². The van der Waals surface area contributed by atoms with E-state index in [4.69, 9.17) is 17.3 Å². The Balaban J connectivity index is 2.48. The van der Waals surface area contributed by atoms with Gasteiger partial charge in [0.05, 0.1) is 0 Å². The average Bonchev–Trinajstić information content (AvgIpc) is 2.36. The molecule has 0 aromatic rings. The van der Waals surface area contributed by atoms with Gasteiger partial charge >= 0.3 is 5.97 Å². The maximum absolute atomic E-state index is 10.3. The molecule has 0 aromatic carbocycles. The summed E-state index contributed by atoms with van der Waals surface area (Å²) in [7, 11) is 0. The molecule has 56 valence electrons. The maximum Gasteiger partial charge on any atom is 0.342 e. The Hall–Kier alpha value is -0.440. The minimum atomic E-state index is -0.901. The normalized spacial score (nSPS) is 19.2. The van der Waals surface area contributed by atoms with Gasteiger partial charge in [-0.3, -0.25) is 0 Å². The standard InChI is InChI=1S/C7H10O2S/c8-7(9)6(10)5-3-1-2-4-5/h5H,1-4H2,(H,8,9). The summed E-state index contributed by atoms with van der Waals surface area (Å²) in [6.45, 7) is 0. The van der Waals surface area contributed by atoms with Crippen LogP contribution in [0.4, 0.5) is 0 Å². The maximum atomic E-state index is 10.3. The molecule has 0 bridgehead atoms. The molecule has 1 fully saturated rings. The number of carbonyl (C=O) groups is 1. The number of rotatable bonds is 2. The van der Waals surface area contributed by atoms with Gasteiger partial charge in [-0.05, 0) is 12.8 Å². The summed E-state index contributed by atoms with van der Waals surface area (Å²) in [4.78, 5) is 10.6. The molecular weight excluding hydrogens is 148 g/mol. The fourth-order valence-corrected chi connectivity index (χ4v) is 1.60. The van der Waals surface area contributed by atoms with E-state index >= 15 is 0 Å². The van der Waals surface area contributed by atoms with Crippen LogP contribution in [-0.2, 0) is 4.79 Å². The van der Waals surface area contributed by atoms with Crippen molar-refractivity contribution in [1.82, 2.24) is 0 Å². The van der Waals surface area contributed by atoms with Crippen LogP contribution in [0.25, 0.3) is 0 Å². The Bertz CT molecular complexity index is 159. The summed E-state index contributed by atoms with van der Waals surface area (Å²) in [5.74, 6) is -0.714. The first kappa shape index (κ1) is 7.66. The predicted molar refractivity (Wildman–Crippen MR) is 42.2 cm³/mol. The van der Waals surface area contributed by atoms with Gasteiger partial charge in [-0.15, -0.1) is 0 Å². The molecule has 0 saturated heterocycles. The van der Waals surface area contributed by atoms with Crippen LogP contribution >= 0.6 is 12.2 Å². The van der Waals surface area contributed by atoms with Gasteiger partial charge in [0, 0.05) is 5.92 Å². The van der Waals surface area contributed by atoms with E-state index in [2.05, 4.69) is 0 Å². The molecule has 0 amide bonds. The molecule has 0 aliphatic heterocycles. The number of hydrogen-bond acceptors (Lipinski definition) is 2. The van der Waals surface area contributed by atoms with E-state index in [1.165, 1.54) is 0 Å². The molecule has 1 aliphatic carbocycles. The highest BCUT2D eigenvalue weighted by molar-refractivity contribution is 7.82. The Morgan fingerprint density at radius 1 is 1.40 bits per heavy atom. The molecule has 1 rings (SSSR count). The molecular formula is C7H10O2S. The Morgan fingerprint density at radius 2 is 1.90 bits per heavy atom. The molecule has 1 N–H and O–H groups in total. The van der Waals surface area contributed by atoms with Gasteiger partial charge in [-0.1, -0.05) is 25.1 Å². The molecule has 0 unspecified atom stereocenters. The molecule has 10 heavy (non-hydrogen) atoms. The second-order valence-electron chi connectivity index (χ2n) is 2.65. The quantitative estimate of drug-likeness (QED) is 0.621. The van der Waals surface area contributed by atoms with Gasteiger partial charge in [0.2, 0.25) is 0 Å². The Morgan fingerprint density at radius 3 is 2.30 bits per heavy atom. The van der Waals surface area contributed by atoms with E-state index in [1.807, 2.05) is 0 Å². The number of thiocarbonyl (C=S) groups is 1. The topological polar surface area (TPSA) is 37.3 Å². The number of aliphatic carboxylic acids is 1. The summed E-state index contributed by atoms with van der Waals surface area (Å²) >= 11 is 4.74. The van der Waals surface area contributed by atoms with Crippen LogP contribution in [0.3, 0.4) is 0 Å². The van der Waals surface area contributed by atoms with Crippen molar-refractivity contribution in [2.24, 2.45) is 5.92 Å². The lowest BCUT2D eigenvalue weighted by molar-refractivity contribution is -0.129. The monoisotopic (exact) mass is 158 g/mol. The van der Waals surface area contributed by atoms with Gasteiger partial charge in [-0.2, -0.15) is 0 Å². The molecule has 0 heterocycles. The van der Waals surface area contributed by atoms with Crippen molar-refractivity contribution >= 4 is 23.1 Å². The fourth-order valence-electron chi connectivity index (χ4n) is 1.36. The SMILES string of the molecule is O=C(O)C(=S)C1CCCC1. The van der Waals surface area contributed by atoms with Crippen LogP contribution in [0.15, 0.2) is 0 Å². The van der Waals surface area contributed by atoms with Gasteiger partial charge in [0.1, 0.15) is 4.86 Å². The van der Waals surface area contributed by atoms with E-state index in [0.29, 0.717) is 0 Å². The largest absolute Gasteiger partial charge is 0.477 e. The fraction of sp³-hybridized carbons (Fsp3) is 0.714. The molecule has 2 nitrogen and oxygen atoms in total. The lowest BCUT2D eigenvalue weighted by Crippen LogP contribution is -2.18. The minimum absolute atomic E-state index is 0.187. The zero-order valence-corrected chi connectivity index (χ0v) is 6.49. The molecule has 1 saturated carbocycles. The van der Waals surface area contributed by atoms with E-state index in [1.54, 1.807) is 0 Å². The number of hydrogen-bond donors (Lipinski definition) is 1. The zero-order valence-electron chi connectivity index (χ0n) is 5.67. The highest BCUT2D eigenvalue weighted by Crippen LogP contribution is 2.26. The average molecular weight is 158 g/mol. The van der Waals surface area contributed by atoms with Crippen molar-refractivity contribution in [2.75, 3.05) is 0 Å². The summed E-state index contributed by atoms with van der Waals surface area (Å²) in [6, 6.07) is 0. The number of carboxylic acid groups (broad SMARTS) is 1. The van der Waals surface area contributed by atoms with Crippen LogP contribution in [0, 0.1) is 5.92 Å². The second-order valence-corrected chi connectivity index (χ2v) is 3.09. The van der Waals surface area contributed by atoms with E-state index in [0.717, 1.165) is 25.7 Å². The first-order valence-corrected chi connectivity index (χ1v) is 3.90. The Kier molecular flexibility index (Phi) is 2.38. The summed E-state index contributed by atoms with van der Waals surface area (Å²) in [5.41, 5.74) is 0. The third-order valence-electron chi connectivity index (χ3n) is 1.94. The van der Waals surface area contributed by atoms with Crippen molar-refractivity contribution in [1.29, 1.82) is 0 Å².